The Morgan fingerprint density at radius 3 is 2.45 bits per heavy atom. The number of pyridine rings is 1. The molecule has 0 saturated heterocycles. The molecule has 5 nitrogen and oxygen atoms in total. The van der Waals surface area contributed by atoms with Crippen molar-refractivity contribution in [2.45, 2.75) is 12.7 Å². The summed E-state index contributed by atoms with van der Waals surface area (Å²) in [5.41, 5.74) is -0.650. The van der Waals surface area contributed by atoms with E-state index in [9.17, 15) is 18.0 Å². The zero-order chi connectivity index (χ0) is 14.8. The van der Waals surface area contributed by atoms with Gasteiger partial charge in [-0.25, -0.2) is 14.8 Å². The standard InChI is InChI=1S/C12H8F3N3O2/c13-12(14,15)9-1-4-16-11(17-9)8-2-5-18(6-3-8)7-10(19)20/h1-6H,7H2/p+1. The van der Waals surface area contributed by atoms with Gasteiger partial charge in [0.2, 0.25) is 6.54 Å². The molecule has 0 radical (unpaired) electrons. The average molecular weight is 284 g/mol. The SMILES string of the molecule is O=C(O)C[n+]1ccc(-c2nccc(C(F)(F)F)n2)cc1. The van der Waals surface area contributed by atoms with Crippen LogP contribution in [-0.4, -0.2) is 21.0 Å². The number of hydrogen-bond donors (Lipinski definition) is 1. The van der Waals surface area contributed by atoms with E-state index in [-0.39, 0.29) is 12.4 Å². The number of aliphatic carboxylic acids is 1. The number of rotatable bonds is 3. The summed E-state index contributed by atoms with van der Waals surface area (Å²) < 4.78 is 39.0. The van der Waals surface area contributed by atoms with Gasteiger partial charge >= 0.3 is 12.1 Å². The van der Waals surface area contributed by atoms with Crippen LogP contribution in [0.2, 0.25) is 0 Å². The highest BCUT2D eigenvalue weighted by Crippen LogP contribution is 2.28. The van der Waals surface area contributed by atoms with Gasteiger partial charge in [0.05, 0.1) is 0 Å². The lowest BCUT2D eigenvalue weighted by molar-refractivity contribution is -0.685. The van der Waals surface area contributed by atoms with Crippen LogP contribution in [0.15, 0.2) is 36.8 Å². The molecule has 0 aliphatic carbocycles. The van der Waals surface area contributed by atoms with Crippen LogP contribution in [-0.2, 0) is 17.5 Å². The Kier molecular flexibility index (Phi) is 3.64. The molecule has 2 heterocycles. The minimum Gasteiger partial charge on any atom is -0.477 e. The highest BCUT2D eigenvalue weighted by Gasteiger charge is 2.32. The molecule has 0 fully saturated rings. The third-order valence-electron chi connectivity index (χ3n) is 2.41. The Morgan fingerprint density at radius 1 is 1.25 bits per heavy atom. The van der Waals surface area contributed by atoms with Crippen molar-refractivity contribution < 1.29 is 27.6 Å². The van der Waals surface area contributed by atoms with Gasteiger partial charge in [-0.3, -0.25) is 0 Å². The molecule has 0 aromatic carbocycles. The number of alkyl halides is 3. The van der Waals surface area contributed by atoms with E-state index in [1.165, 1.54) is 29.1 Å². The fourth-order valence-corrected chi connectivity index (χ4v) is 1.52. The van der Waals surface area contributed by atoms with Gasteiger partial charge in [0, 0.05) is 23.9 Å². The lowest BCUT2D eigenvalue weighted by Gasteiger charge is -2.06. The highest BCUT2D eigenvalue weighted by atomic mass is 19.4. The summed E-state index contributed by atoms with van der Waals surface area (Å²) in [6.07, 6.45) is -0.626. The predicted molar refractivity (Wildman–Crippen MR) is 60.3 cm³/mol. The van der Waals surface area contributed by atoms with Gasteiger partial charge < -0.3 is 5.11 Å². The molecule has 2 aromatic rings. The maximum atomic E-state index is 12.5. The van der Waals surface area contributed by atoms with Crippen molar-refractivity contribution in [3.8, 4) is 11.4 Å². The molecule has 0 aliphatic rings. The van der Waals surface area contributed by atoms with Gasteiger partial charge in [-0.1, -0.05) is 0 Å². The number of aromatic nitrogens is 3. The lowest BCUT2D eigenvalue weighted by atomic mass is 10.2. The average Bonchev–Trinajstić information content (AvgIpc) is 2.38. The number of nitrogens with zero attached hydrogens (tertiary/aromatic N) is 3. The Hall–Kier alpha value is -2.51. The number of hydrogen-bond acceptors (Lipinski definition) is 3. The van der Waals surface area contributed by atoms with Crippen LogP contribution < -0.4 is 4.57 Å². The van der Waals surface area contributed by atoms with Gasteiger partial charge in [0.1, 0.15) is 5.69 Å². The summed E-state index contributed by atoms with van der Waals surface area (Å²) in [5.74, 6) is -1.08. The number of carboxylic acids is 1. The number of carbonyl (C=O) groups is 1. The molecule has 2 aromatic heterocycles. The fourth-order valence-electron chi connectivity index (χ4n) is 1.52. The molecule has 0 aliphatic heterocycles. The van der Waals surface area contributed by atoms with Crippen molar-refractivity contribution in [2.24, 2.45) is 0 Å². The van der Waals surface area contributed by atoms with Crippen LogP contribution in [0, 0.1) is 0 Å². The quantitative estimate of drug-likeness (QED) is 0.868. The molecular formula is C12H9F3N3O2+. The van der Waals surface area contributed by atoms with E-state index < -0.39 is 17.8 Å². The topological polar surface area (TPSA) is 67.0 Å². The summed E-state index contributed by atoms with van der Waals surface area (Å²) in [7, 11) is 0. The minimum absolute atomic E-state index is 0.0673. The van der Waals surface area contributed by atoms with Crippen LogP contribution in [0.4, 0.5) is 13.2 Å². The summed E-state index contributed by atoms with van der Waals surface area (Å²) in [5, 5.41) is 8.61. The molecule has 0 bridgehead atoms. The predicted octanol–water partition coefficient (Wildman–Crippen LogP) is 1.53. The monoisotopic (exact) mass is 284 g/mol. The molecule has 0 spiro atoms. The van der Waals surface area contributed by atoms with E-state index in [1.807, 2.05) is 0 Å². The largest absolute Gasteiger partial charge is 0.477 e. The minimum atomic E-state index is -4.53. The van der Waals surface area contributed by atoms with Crippen LogP contribution >= 0.6 is 0 Å². The maximum absolute atomic E-state index is 12.5. The van der Waals surface area contributed by atoms with Crippen molar-refractivity contribution >= 4 is 5.97 Å². The smallest absolute Gasteiger partial charge is 0.433 e. The molecule has 1 N–H and O–H groups in total. The Balaban J connectivity index is 2.30. The van der Waals surface area contributed by atoms with Crippen molar-refractivity contribution in [2.75, 3.05) is 0 Å². The van der Waals surface area contributed by atoms with E-state index in [1.54, 1.807) is 0 Å². The highest BCUT2D eigenvalue weighted by molar-refractivity contribution is 5.64. The molecule has 0 amide bonds. The second kappa shape index (κ2) is 5.24. The summed E-state index contributed by atoms with van der Waals surface area (Å²) in [6, 6.07) is 3.70. The van der Waals surface area contributed by atoms with Crippen LogP contribution in [0.5, 0.6) is 0 Å². The summed E-state index contributed by atoms with van der Waals surface area (Å²) in [4.78, 5) is 17.7. The second-order valence-electron chi connectivity index (χ2n) is 3.92. The van der Waals surface area contributed by atoms with Crippen LogP contribution in [0.25, 0.3) is 11.4 Å². The third-order valence-corrected chi connectivity index (χ3v) is 2.41. The van der Waals surface area contributed by atoms with Gasteiger partial charge in [0.15, 0.2) is 18.2 Å². The van der Waals surface area contributed by atoms with Crippen molar-refractivity contribution in [3.63, 3.8) is 0 Å². The van der Waals surface area contributed by atoms with E-state index in [4.69, 9.17) is 5.11 Å². The van der Waals surface area contributed by atoms with E-state index in [2.05, 4.69) is 9.97 Å². The van der Waals surface area contributed by atoms with Gasteiger partial charge in [-0.15, -0.1) is 0 Å². The first-order valence-corrected chi connectivity index (χ1v) is 5.48. The summed E-state index contributed by atoms with van der Waals surface area (Å²) >= 11 is 0. The maximum Gasteiger partial charge on any atom is 0.433 e. The van der Waals surface area contributed by atoms with Crippen molar-refractivity contribution in [1.29, 1.82) is 0 Å². The van der Waals surface area contributed by atoms with Gasteiger partial charge in [-0.05, 0) is 6.07 Å². The van der Waals surface area contributed by atoms with Gasteiger partial charge in [0.25, 0.3) is 0 Å². The van der Waals surface area contributed by atoms with Crippen LogP contribution in [0.3, 0.4) is 0 Å². The normalized spacial score (nSPS) is 11.3. The zero-order valence-electron chi connectivity index (χ0n) is 10.0. The Labute approximate surface area is 111 Å². The first kappa shape index (κ1) is 13.9. The molecule has 104 valence electrons. The second-order valence-corrected chi connectivity index (χ2v) is 3.92. The molecule has 0 atom stereocenters. The molecule has 0 saturated carbocycles. The molecule has 20 heavy (non-hydrogen) atoms. The van der Waals surface area contributed by atoms with E-state index in [0.29, 0.717) is 5.56 Å². The van der Waals surface area contributed by atoms with E-state index >= 15 is 0 Å². The Bertz CT molecular complexity index is 627. The Morgan fingerprint density at radius 2 is 1.90 bits per heavy atom. The van der Waals surface area contributed by atoms with Crippen LogP contribution in [0.1, 0.15) is 5.69 Å². The zero-order valence-corrected chi connectivity index (χ0v) is 10.0. The van der Waals surface area contributed by atoms with Crippen molar-refractivity contribution in [3.05, 3.63) is 42.5 Å². The molecular weight excluding hydrogens is 275 g/mol. The number of carboxylic acid groups (broad SMARTS) is 1. The molecule has 8 heteroatoms. The van der Waals surface area contributed by atoms with Gasteiger partial charge in [-0.2, -0.15) is 17.7 Å². The first-order valence-electron chi connectivity index (χ1n) is 5.48. The van der Waals surface area contributed by atoms with E-state index in [0.717, 1.165) is 12.3 Å². The number of halogens is 3. The first-order chi connectivity index (χ1) is 9.36. The van der Waals surface area contributed by atoms with Crippen molar-refractivity contribution in [1.82, 2.24) is 9.97 Å². The molecule has 0 unspecified atom stereocenters. The lowest BCUT2D eigenvalue weighted by Crippen LogP contribution is -2.36. The third kappa shape index (κ3) is 3.28. The molecule has 2 rings (SSSR count). The fraction of sp³-hybridized carbons (Fsp3) is 0.167. The summed E-state index contributed by atoms with van der Waals surface area (Å²) in [6.45, 7) is -0.232.